The Labute approximate surface area is 97.9 Å². The smallest absolute Gasteiger partial charge is 0.169 e. The van der Waals surface area contributed by atoms with Crippen molar-refractivity contribution in [2.24, 2.45) is 16.7 Å². The number of aliphatic hydroxyl groups excluding tert-OH is 2. The molecule has 2 N–H and O–H groups in total. The molecule has 1 aliphatic carbocycles. The molecule has 0 spiro atoms. The second-order valence-corrected chi connectivity index (χ2v) is 5.85. The highest BCUT2D eigenvalue weighted by atomic mass is 16.3. The zero-order chi connectivity index (χ0) is 12.6. The van der Waals surface area contributed by atoms with Crippen molar-refractivity contribution in [3.8, 4) is 0 Å². The first-order valence-corrected chi connectivity index (χ1v) is 6.14. The lowest BCUT2D eigenvalue weighted by molar-refractivity contribution is -0.136. The van der Waals surface area contributed by atoms with Gasteiger partial charge in [0.05, 0.1) is 12.0 Å². The molecule has 16 heavy (non-hydrogen) atoms. The van der Waals surface area contributed by atoms with Crippen molar-refractivity contribution in [2.45, 2.75) is 53.1 Å². The number of ketones is 1. The van der Waals surface area contributed by atoms with E-state index in [1.165, 1.54) is 0 Å². The van der Waals surface area contributed by atoms with E-state index < -0.39 is 11.5 Å². The fourth-order valence-electron chi connectivity index (χ4n) is 2.90. The minimum absolute atomic E-state index is 0.171. The third-order valence-corrected chi connectivity index (χ3v) is 4.63. The monoisotopic (exact) mass is 228 g/mol. The molecule has 3 heteroatoms. The average Bonchev–Trinajstić information content (AvgIpc) is 2.40. The van der Waals surface area contributed by atoms with Gasteiger partial charge in [0.15, 0.2) is 5.78 Å². The van der Waals surface area contributed by atoms with Gasteiger partial charge < -0.3 is 10.2 Å². The number of Topliss-reactive ketones (excluding diaryl/α,β-unsaturated/α-hetero) is 1. The first kappa shape index (κ1) is 13.7. The summed E-state index contributed by atoms with van der Waals surface area (Å²) in [6.45, 7) is 7.91. The summed E-state index contributed by atoms with van der Waals surface area (Å²) in [4.78, 5) is 11.9. The highest BCUT2D eigenvalue weighted by molar-refractivity contribution is 5.91. The third kappa shape index (κ3) is 1.91. The molecule has 3 unspecified atom stereocenters. The van der Waals surface area contributed by atoms with E-state index >= 15 is 0 Å². The van der Waals surface area contributed by atoms with Gasteiger partial charge in [0.2, 0.25) is 0 Å². The van der Waals surface area contributed by atoms with Crippen molar-refractivity contribution in [2.75, 3.05) is 6.61 Å². The molecule has 1 rings (SSSR count). The van der Waals surface area contributed by atoms with Crippen LogP contribution in [0.25, 0.3) is 0 Å². The van der Waals surface area contributed by atoms with Crippen LogP contribution in [0.15, 0.2) is 0 Å². The topological polar surface area (TPSA) is 57.5 Å². The van der Waals surface area contributed by atoms with E-state index in [4.69, 9.17) is 0 Å². The Bertz CT molecular complexity index is 276. The van der Waals surface area contributed by atoms with E-state index in [9.17, 15) is 15.0 Å². The maximum absolute atomic E-state index is 11.9. The van der Waals surface area contributed by atoms with E-state index in [1.54, 1.807) is 6.92 Å². The lowest BCUT2D eigenvalue weighted by Crippen LogP contribution is -2.42. The van der Waals surface area contributed by atoms with Gasteiger partial charge in [-0.05, 0) is 31.1 Å². The van der Waals surface area contributed by atoms with Crippen molar-refractivity contribution in [1.82, 2.24) is 0 Å². The zero-order valence-corrected chi connectivity index (χ0v) is 10.8. The minimum Gasteiger partial charge on any atom is -0.395 e. The van der Waals surface area contributed by atoms with Crippen molar-refractivity contribution in [1.29, 1.82) is 0 Å². The minimum atomic E-state index is -0.897. The third-order valence-electron chi connectivity index (χ3n) is 4.63. The van der Waals surface area contributed by atoms with Crippen LogP contribution in [0.4, 0.5) is 0 Å². The molecule has 0 bridgehead atoms. The van der Waals surface area contributed by atoms with Crippen LogP contribution in [0.5, 0.6) is 0 Å². The summed E-state index contributed by atoms with van der Waals surface area (Å²) in [5.41, 5.74) is -1.07. The van der Waals surface area contributed by atoms with Gasteiger partial charge in [0.1, 0.15) is 6.10 Å². The van der Waals surface area contributed by atoms with Crippen LogP contribution >= 0.6 is 0 Å². The first-order chi connectivity index (χ1) is 7.30. The van der Waals surface area contributed by atoms with Crippen LogP contribution < -0.4 is 0 Å². The molecule has 0 aromatic rings. The van der Waals surface area contributed by atoms with Crippen LogP contribution in [0.1, 0.15) is 47.0 Å². The second-order valence-electron chi connectivity index (χ2n) is 5.85. The second kappa shape index (κ2) is 4.46. The highest BCUT2D eigenvalue weighted by Crippen LogP contribution is 2.53. The molecule has 0 aromatic carbocycles. The first-order valence-electron chi connectivity index (χ1n) is 6.14. The Morgan fingerprint density at radius 3 is 2.50 bits per heavy atom. The number of carbonyl (C=O) groups is 1. The maximum Gasteiger partial charge on any atom is 0.169 e. The van der Waals surface area contributed by atoms with Gasteiger partial charge in [-0.1, -0.05) is 27.2 Å². The fraction of sp³-hybridized carbons (Fsp3) is 0.923. The molecule has 1 fully saturated rings. The molecule has 1 aliphatic rings. The molecule has 94 valence electrons. The molecule has 4 atom stereocenters. The van der Waals surface area contributed by atoms with Gasteiger partial charge in [-0.3, -0.25) is 4.79 Å². The summed E-state index contributed by atoms with van der Waals surface area (Å²) in [5, 5.41) is 19.2. The average molecular weight is 228 g/mol. The Balaban J connectivity index is 2.97. The number of rotatable bonds is 4. The van der Waals surface area contributed by atoms with Crippen molar-refractivity contribution in [3.63, 3.8) is 0 Å². The van der Waals surface area contributed by atoms with Gasteiger partial charge >= 0.3 is 0 Å². The summed E-state index contributed by atoms with van der Waals surface area (Å²) >= 11 is 0. The Morgan fingerprint density at radius 1 is 1.50 bits per heavy atom. The van der Waals surface area contributed by atoms with Gasteiger partial charge in [-0.25, -0.2) is 0 Å². The summed E-state index contributed by atoms with van der Waals surface area (Å²) in [6, 6.07) is 0. The Kier molecular flexibility index (Phi) is 3.80. The van der Waals surface area contributed by atoms with Crippen LogP contribution in [0.3, 0.4) is 0 Å². The molecule has 0 radical (unpaired) electrons. The number of carbonyl (C=O) groups excluding carboxylic acids is 1. The van der Waals surface area contributed by atoms with Crippen LogP contribution in [0, 0.1) is 16.7 Å². The lowest BCUT2D eigenvalue weighted by atomic mass is 9.64. The molecule has 1 saturated carbocycles. The number of aliphatic hydroxyl groups is 2. The van der Waals surface area contributed by atoms with E-state index in [-0.39, 0.29) is 17.8 Å². The van der Waals surface area contributed by atoms with Crippen molar-refractivity contribution >= 4 is 5.78 Å². The molecule has 3 nitrogen and oxygen atoms in total. The number of hydrogen-bond donors (Lipinski definition) is 2. The molecule has 0 saturated heterocycles. The van der Waals surface area contributed by atoms with Gasteiger partial charge in [0, 0.05) is 0 Å². The molecular formula is C13H24O3. The van der Waals surface area contributed by atoms with E-state index in [0.29, 0.717) is 12.3 Å². The molecule has 0 aromatic heterocycles. The largest absolute Gasteiger partial charge is 0.395 e. The van der Waals surface area contributed by atoms with E-state index in [0.717, 1.165) is 12.8 Å². The normalized spacial score (nSPS) is 41.4. The molecule has 0 heterocycles. The lowest BCUT2D eigenvalue weighted by Gasteiger charge is -2.39. The summed E-state index contributed by atoms with van der Waals surface area (Å²) in [5.74, 6) is 0.315. The molecule has 0 amide bonds. The predicted octanol–water partition coefficient (Wildman–Crippen LogP) is 1.76. The van der Waals surface area contributed by atoms with Gasteiger partial charge in [0.25, 0.3) is 0 Å². The van der Waals surface area contributed by atoms with Crippen molar-refractivity contribution in [3.05, 3.63) is 0 Å². The highest BCUT2D eigenvalue weighted by Gasteiger charge is 2.58. The predicted molar refractivity (Wildman–Crippen MR) is 63.0 cm³/mol. The summed E-state index contributed by atoms with van der Waals surface area (Å²) < 4.78 is 0. The van der Waals surface area contributed by atoms with E-state index in [2.05, 4.69) is 13.8 Å². The SMILES string of the molecule is CC[C@H](C)CC1(C)CC(O)C(=O)C1(C)CO. The zero-order valence-electron chi connectivity index (χ0n) is 10.8. The molecule has 0 aliphatic heterocycles. The molecular weight excluding hydrogens is 204 g/mol. The van der Waals surface area contributed by atoms with Crippen molar-refractivity contribution < 1.29 is 15.0 Å². The summed E-state index contributed by atoms with van der Waals surface area (Å²) in [7, 11) is 0. The van der Waals surface area contributed by atoms with Gasteiger partial charge in [-0.2, -0.15) is 0 Å². The maximum atomic E-state index is 11.9. The quantitative estimate of drug-likeness (QED) is 0.771. The number of hydrogen-bond acceptors (Lipinski definition) is 3. The summed E-state index contributed by atoms with van der Waals surface area (Å²) in [6.07, 6.45) is 1.52. The van der Waals surface area contributed by atoms with Crippen LogP contribution in [0.2, 0.25) is 0 Å². The van der Waals surface area contributed by atoms with E-state index in [1.807, 2.05) is 6.92 Å². The fourth-order valence-corrected chi connectivity index (χ4v) is 2.90. The van der Waals surface area contributed by atoms with Crippen LogP contribution in [-0.2, 0) is 4.79 Å². The van der Waals surface area contributed by atoms with Crippen LogP contribution in [-0.4, -0.2) is 28.7 Å². The van der Waals surface area contributed by atoms with Gasteiger partial charge in [-0.15, -0.1) is 0 Å². The standard InChI is InChI=1S/C13H24O3/c1-5-9(2)6-12(3)7-10(15)11(16)13(12,4)8-14/h9-10,14-15H,5-8H2,1-4H3/t9-,10?,12?,13?/m0/s1. The Morgan fingerprint density at radius 2 is 2.06 bits per heavy atom. The Hall–Kier alpha value is -0.410.